The molecule has 0 unspecified atom stereocenters. The molecule has 0 bridgehead atoms. The topological polar surface area (TPSA) is 29.5 Å². The molecule has 1 heterocycles. The highest BCUT2D eigenvalue weighted by Gasteiger charge is 2.14. The van der Waals surface area contributed by atoms with Crippen LogP contribution in [-0.2, 0) is 4.84 Å². The van der Waals surface area contributed by atoms with Crippen molar-refractivity contribution >= 4 is 28.6 Å². The van der Waals surface area contributed by atoms with E-state index < -0.39 is 5.37 Å². The molecule has 0 aromatic heterocycles. The maximum Gasteiger partial charge on any atom is 0.340 e. The highest BCUT2D eigenvalue weighted by Crippen LogP contribution is 2.11. The first-order valence-electron chi connectivity index (χ1n) is 2.64. The van der Waals surface area contributed by atoms with Crippen LogP contribution in [0, 0.1) is 0 Å². The molecule has 56 valence electrons. The van der Waals surface area contributed by atoms with E-state index in [2.05, 4.69) is 0 Å². The molecule has 0 saturated carbocycles. The average molecular weight is 182 g/mol. The highest BCUT2D eigenvalue weighted by atomic mass is 35.5. The summed E-state index contributed by atoms with van der Waals surface area (Å²) in [4.78, 5) is 15.2. The third kappa shape index (κ3) is 1.87. The van der Waals surface area contributed by atoms with Gasteiger partial charge in [0.15, 0.2) is 0 Å². The normalized spacial score (nSPS) is 18.6. The Hall–Kier alpha value is -0.250. The Bertz CT molecular complexity index is 180. The summed E-state index contributed by atoms with van der Waals surface area (Å²) in [5, 5.41) is 1.00. The number of nitrogens with zero attached hydrogens (tertiary/aromatic N) is 1. The number of hydrogen-bond acceptors (Lipinski definition) is 2. The molecule has 0 N–H and O–H groups in total. The van der Waals surface area contributed by atoms with Crippen LogP contribution >= 0.6 is 23.2 Å². The van der Waals surface area contributed by atoms with E-state index in [-0.39, 0.29) is 6.61 Å². The van der Waals surface area contributed by atoms with Crippen LogP contribution in [0.15, 0.2) is 11.1 Å². The first-order valence-corrected chi connectivity index (χ1v) is 3.40. The van der Waals surface area contributed by atoms with Crippen molar-refractivity contribution in [3.8, 4) is 0 Å². The molecule has 0 spiro atoms. The van der Waals surface area contributed by atoms with Crippen LogP contribution in [0.4, 0.5) is 4.79 Å². The van der Waals surface area contributed by atoms with Crippen LogP contribution in [0.3, 0.4) is 0 Å². The summed E-state index contributed by atoms with van der Waals surface area (Å²) in [5.74, 6) is 0. The number of hydrogen-bond donors (Lipinski definition) is 0. The van der Waals surface area contributed by atoms with Gasteiger partial charge in [-0.15, -0.1) is 0 Å². The Morgan fingerprint density at radius 3 is 2.90 bits per heavy atom. The third-order valence-corrected chi connectivity index (χ3v) is 1.48. The maximum absolute atomic E-state index is 10.4. The van der Waals surface area contributed by atoms with E-state index >= 15 is 0 Å². The lowest BCUT2D eigenvalue weighted by molar-refractivity contribution is -0.0965. The predicted octanol–water partition coefficient (Wildman–Crippen LogP) is 1.72. The molecule has 1 aliphatic rings. The van der Waals surface area contributed by atoms with Gasteiger partial charge in [-0.2, -0.15) is 0 Å². The van der Waals surface area contributed by atoms with Gasteiger partial charge in [0.25, 0.3) is 0 Å². The summed E-state index contributed by atoms with van der Waals surface area (Å²) in [7, 11) is 0. The molecule has 3 nitrogen and oxygen atoms in total. The van der Waals surface area contributed by atoms with E-state index in [1.807, 2.05) is 0 Å². The van der Waals surface area contributed by atoms with Crippen molar-refractivity contribution in [1.29, 1.82) is 0 Å². The fourth-order valence-electron chi connectivity index (χ4n) is 0.556. The standard InChI is InChI=1S/C5H5Cl2NO2/c6-4-1-2-8(5(7)9)10-3-4/h1H,2-3H2. The number of carbonyl (C=O) groups excluding carboxylic acids is 1. The Morgan fingerprint density at radius 2 is 2.50 bits per heavy atom. The second-order valence-corrected chi connectivity index (χ2v) is 2.55. The first-order chi connectivity index (χ1) is 4.70. The van der Waals surface area contributed by atoms with Gasteiger partial charge in [-0.3, -0.25) is 9.63 Å². The zero-order chi connectivity index (χ0) is 7.56. The van der Waals surface area contributed by atoms with E-state index in [1.165, 1.54) is 0 Å². The second kappa shape index (κ2) is 3.23. The van der Waals surface area contributed by atoms with Crippen LogP contribution in [0.5, 0.6) is 0 Å². The van der Waals surface area contributed by atoms with Crippen LogP contribution in [0.25, 0.3) is 0 Å². The number of halogens is 2. The lowest BCUT2D eigenvalue weighted by Crippen LogP contribution is -2.30. The number of hydroxylamine groups is 2. The SMILES string of the molecule is O=C(Cl)N1CC=C(Cl)CO1. The molecule has 1 rings (SSSR count). The van der Waals surface area contributed by atoms with Crippen molar-refractivity contribution in [3.05, 3.63) is 11.1 Å². The minimum atomic E-state index is -0.625. The lowest BCUT2D eigenvalue weighted by atomic mass is 10.5. The monoisotopic (exact) mass is 181 g/mol. The quantitative estimate of drug-likeness (QED) is 0.421. The van der Waals surface area contributed by atoms with E-state index in [4.69, 9.17) is 28.0 Å². The van der Waals surface area contributed by atoms with Gasteiger partial charge in [-0.05, 0) is 17.7 Å². The zero-order valence-corrected chi connectivity index (χ0v) is 6.52. The minimum absolute atomic E-state index is 0.222. The highest BCUT2D eigenvalue weighted by molar-refractivity contribution is 6.62. The van der Waals surface area contributed by atoms with Crippen LogP contribution in [0.2, 0.25) is 0 Å². The molecule has 1 amide bonds. The molecule has 0 aliphatic carbocycles. The fourth-order valence-corrected chi connectivity index (χ4v) is 0.791. The van der Waals surface area contributed by atoms with Crippen molar-refractivity contribution in [2.45, 2.75) is 0 Å². The summed E-state index contributed by atoms with van der Waals surface area (Å²) < 4.78 is 0. The molecule has 0 radical (unpaired) electrons. The van der Waals surface area contributed by atoms with Gasteiger partial charge < -0.3 is 0 Å². The summed E-state index contributed by atoms with van der Waals surface area (Å²) >= 11 is 10.6. The molecule has 0 fully saturated rings. The molecule has 0 atom stereocenters. The van der Waals surface area contributed by atoms with Crippen molar-refractivity contribution in [2.24, 2.45) is 0 Å². The number of carbonyl (C=O) groups is 1. The van der Waals surface area contributed by atoms with Gasteiger partial charge in [0, 0.05) is 5.03 Å². The molecule has 1 aliphatic heterocycles. The van der Waals surface area contributed by atoms with Gasteiger partial charge in [0.1, 0.15) is 6.61 Å². The maximum atomic E-state index is 10.4. The van der Waals surface area contributed by atoms with Crippen LogP contribution in [0.1, 0.15) is 0 Å². The fraction of sp³-hybridized carbons (Fsp3) is 0.400. The first kappa shape index (κ1) is 7.85. The zero-order valence-electron chi connectivity index (χ0n) is 5.01. The van der Waals surface area contributed by atoms with Crippen LogP contribution in [-0.4, -0.2) is 23.6 Å². The number of amides is 1. The van der Waals surface area contributed by atoms with E-state index in [0.717, 1.165) is 5.06 Å². The Balaban J connectivity index is 2.50. The largest absolute Gasteiger partial charge is 0.340 e. The third-order valence-electron chi connectivity index (χ3n) is 1.03. The van der Waals surface area contributed by atoms with E-state index in [0.29, 0.717) is 11.6 Å². The smallest absolute Gasteiger partial charge is 0.264 e. The Morgan fingerprint density at radius 1 is 1.80 bits per heavy atom. The van der Waals surface area contributed by atoms with Crippen molar-refractivity contribution in [2.75, 3.05) is 13.2 Å². The minimum Gasteiger partial charge on any atom is -0.264 e. The van der Waals surface area contributed by atoms with Gasteiger partial charge >= 0.3 is 5.37 Å². The lowest BCUT2D eigenvalue weighted by Gasteiger charge is -2.20. The number of rotatable bonds is 0. The Labute approximate surface area is 68.1 Å². The van der Waals surface area contributed by atoms with E-state index in [1.54, 1.807) is 6.08 Å². The summed E-state index contributed by atoms with van der Waals surface area (Å²) in [6.07, 6.45) is 1.67. The van der Waals surface area contributed by atoms with Crippen molar-refractivity contribution in [3.63, 3.8) is 0 Å². The summed E-state index contributed by atoms with van der Waals surface area (Å²) in [6, 6.07) is 0. The van der Waals surface area contributed by atoms with Gasteiger partial charge in [0.2, 0.25) is 0 Å². The van der Waals surface area contributed by atoms with Crippen LogP contribution < -0.4 is 0 Å². The molecule has 5 heteroatoms. The molecule has 10 heavy (non-hydrogen) atoms. The predicted molar refractivity (Wildman–Crippen MR) is 37.8 cm³/mol. The van der Waals surface area contributed by atoms with Gasteiger partial charge in [-0.25, -0.2) is 5.06 Å². The molecular weight excluding hydrogens is 177 g/mol. The molecule has 0 saturated heterocycles. The molecule has 0 aromatic rings. The Kier molecular flexibility index (Phi) is 2.54. The van der Waals surface area contributed by atoms with Crippen molar-refractivity contribution in [1.82, 2.24) is 5.06 Å². The van der Waals surface area contributed by atoms with Crippen molar-refractivity contribution < 1.29 is 9.63 Å². The molecule has 0 aromatic carbocycles. The van der Waals surface area contributed by atoms with Gasteiger partial charge in [-0.1, -0.05) is 11.6 Å². The summed E-state index contributed by atoms with van der Waals surface area (Å²) in [5.41, 5.74) is 0. The van der Waals surface area contributed by atoms with E-state index in [9.17, 15) is 4.79 Å². The summed E-state index contributed by atoms with van der Waals surface area (Å²) in [6.45, 7) is 0.543. The average Bonchev–Trinajstić information content (AvgIpc) is 1.88. The molecular formula is C5H5Cl2NO2. The van der Waals surface area contributed by atoms with Gasteiger partial charge in [0.05, 0.1) is 6.54 Å². The second-order valence-electron chi connectivity index (χ2n) is 1.74.